The predicted molar refractivity (Wildman–Crippen MR) is 91.0 cm³/mol. The summed E-state index contributed by atoms with van der Waals surface area (Å²) in [5.74, 6) is 0.646. The summed E-state index contributed by atoms with van der Waals surface area (Å²) < 4.78 is 0. The van der Waals surface area contributed by atoms with Crippen molar-refractivity contribution in [1.29, 1.82) is 0 Å². The average molecular weight is 346 g/mol. The molecule has 24 heavy (non-hydrogen) atoms. The fourth-order valence-corrected chi connectivity index (χ4v) is 2.88. The van der Waals surface area contributed by atoms with E-state index in [4.69, 9.17) is 0 Å². The Labute approximate surface area is 185 Å². The Hall–Kier alpha value is -1.30. The maximum absolute atomic E-state index is 9.57. The van der Waals surface area contributed by atoms with Gasteiger partial charge in [-0.1, -0.05) is 36.4 Å². The van der Waals surface area contributed by atoms with Crippen LogP contribution < -0.4 is 51.4 Å². The second kappa shape index (κ2) is 7.72. The van der Waals surface area contributed by atoms with Crippen molar-refractivity contribution in [2.45, 2.75) is 12.3 Å². The van der Waals surface area contributed by atoms with Gasteiger partial charge in [0.1, 0.15) is 17.2 Å². The van der Waals surface area contributed by atoms with E-state index in [2.05, 4.69) is 6.92 Å². The molecule has 0 unspecified atom stereocenters. The Kier molecular flexibility index (Phi) is 6.12. The monoisotopic (exact) mass is 346 g/mol. The van der Waals surface area contributed by atoms with Crippen molar-refractivity contribution < 1.29 is 68.1 Å². The summed E-state index contributed by atoms with van der Waals surface area (Å²) in [6.45, 7) is 2.08. The molecule has 3 rings (SSSR count). The van der Waals surface area contributed by atoms with Crippen LogP contribution in [0.25, 0.3) is 0 Å². The van der Waals surface area contributed by atoms with E-state index in [-0.39, 0.29) is 70.1 Å². The molecule has 0 aliphatic heterocycles. The van der Waals surface area contributed by atoms with Crippen LogP contribution >= 0.6 is 0 Å². The SMILES string of the molecule is CC(c1ccc(O)cc1)(c1ccc(O)cc1)c1ccc(O)cc1.[H-].[K+]. The largest absolute Gasteiger partial charge is 1.00 e. The summed E-state index contributed by atoms with van der Waals surface area (Å²) in [7, 11) is 0. The second-order valence-corrected chi connectivity index (χ2v) is 5.77. The van der Waals surface area contributed by atoms with Gasteiger partial charge >= 0.3 is 51.4 Å². The van der Waals surface area contributed by atoms with E-state index in [1.54, 1.807) is 36.4 Å². The minimum absolute atomic E-state index is 0. The first-order valence-electron chi connectivity index (χ1n) is 7.38. The van der Waals surface area contributed by atoms with Gasteiger partial charge < -0.3 is 16.7 Å². The fourth-order valence-electron chi connectivity index (χ4n) is 2.88. The van der Waals surface area contributed by atoms with Crippen LogP contribution in [0.3, 0.4) is 0 Å². The van der Waals surface area contributed by atoms with Gasteiger partial charge in [0.15, 0.2) is 0 Å². The molecule has 3 N–H and O–H groups in total. The summed E-state index contributed by atoms with van der Waals surface area (Å²) in [6.07, 6.45) is 0. The summed E-state index contributed by atoms with van der Waals surface area (Å²) in [5, 5.41) is 28.7. The topological polar surface area (TPSA) is 60.7 Å². The predicted octanol–water partition coefficient (Wildman–Crippen LogP) is 1.27. The van der Waals surface area contributed by atoms with E-state index in [0.717, 1.165) is 16.7 Å². The first-order chi connectivity index (χ1) is 11.0. The van der Waals surface area contributed by atoms with Crippen molar-refractivity contribution in [3.8, 4) is 17.2 Å². The van der Waals surface area contributed by atoms with Gasteiger partial charge in [0, 0.05) is 5.41 Å². The van der Waals surface area contributed by atoms with Crippen LogP contribution in [-0.4, -0.2) is 15.3 Å². The third-order valence-corrected chi connectivity index (χ3v) is 4.33. The van der Waals surface area contributed by atoms with Crippen LogP contribution in [0.15, 0.2) is 72.8 Å². The number of hydrogen-bond acceptors (Lipinski definition) is 3. The molecule has 118 valence electrons. The second-order valence-electron chi connectivity index (χ2n) is 5.77. The Bertz CT molecular complexity index is 689. The molecule has 4 heteroatoms. The fraction of sp³-hybridized carbons (Fsp3) is 0.100. The van der Waals surface area contributed by atoms with Crippen molar-refractivity contribution in [2.24, 2.45) is 0 Å². The molecule has 0 atom stereocenters. The molecule has 0 heterocycles. The van der Waals surface area contributed by atoms with Gasteiger partial charge in [-0.25, -0.2) is 0 Å². The van der Waals surface area contributed by atoms with Crippen LogP contribution in [0.5, 0.6) is 17.2 Å². The van der Waals surface area contributed by atoms with E-state index in [0.29, 0.717) is 0 Å². The zero-order valence-electron chi connectivity index (χ0n) is 14.8. The standard InChI is InChI=1S/C20H18O3.K.H/c1-20(14-2-8-17(21)9-3-14,15-4-10-18(22)11-5-15)16-6-12-19(23)13-7-16;;/h2-13,21-23H,1H3;;/q;+1;-1. The van der Waals surface area contributed by atoms with Gasteiger partial charge in [-0.2, -0.15) is 0 Å². The normalized spacial score (nSPS) is 10.9. The van der Waals surface area contributed by atoms with E-state index < -0.39 is 5.41 Å². The molecular formula is C20H19KO3. The minimum atomic E-state index is -0.477. The van der Waals surface area contributed by atoms with Gasteiger partial charge in [-0.15, -0.1) is 0 Å². The van der Waals surface area contributed by atoms with E-state index >= 15 is 0 Å². The van der Waals surface area contributed by atoms with Crippen molar-refractivity contribution in [2.75, 3.05) is 0 Å². The van der Waals surface area contributed by atoms with E-state index in [9.17, 15) is 15.3 Å². The zero-order valence-corrected chi connectivity index (χ0v) is 16.9. The van der Waals surface area contributed by atoms with Crippen LogP contribution in [0, 0.1) is 0 Å². The quantitative estimate of drug-likeness (QED) is 0.494. The van der Waals surface area contributed by atoms with Crippen LogP contribution in [0.4, 0.5) is 0 Å². The molecule has 3 aromatic carbocycles. The molecule has 0 aliphatic carbocycles. The van der Waals surface area contributed by atoms with Crippen LogP contribution in [-0.2, 0) is 5.41 Å². The zero-order chi connectivity index (χ0) is 16.4. The van der Waals surface area contributed by atoms with Gasteiger partial charge in [0.05, 0.1) is 0 Å². The first kappa shape index (κ1) is 19.0. The molecule has 0 aromatic heterocycles. The Morgan fingerprint density at radius 3 is 0.958 bits per heavy atom. The van der Waals surface area contributed by atoms with Gasteiger partial charge in [0.25, 0.3) is 0 Å². The maximum Gasteiger partial charge on any atom is 1.00 e. The van der Waals surface area contributed by atoms with Crippen molar-refractivity contribution in [3.05, 3.63) is 89.5 Å². The van der Waals surface area contributed by atoms with Gasteiger partial charge in [-0.3, -0.25) is 0 Å². The molecule has 0 spiro atoms. The number of benzene rings is 3. The Morgan fingerprint density at radius 2 is 0.750 bits per heavy atom. The summed E-state index contributed by atoms with van der Waals surface area (Å²) >= 11 is 0. The first-order valence-corrected chi connectivity index (χ1v) is 7.38. The molecule has 0 bridgehead atoms. The smallest absolute Gasteiger partial charge is 1.00 e. The number of hydrogen-bond donors (Lipinski definition) is 3. The van der Waals surface area contributed by atoms with Gasteiger partial charge in [0.2, 0.25) is 0 Å². The van der Waals surface area contributed by atoms with Crippen molar-refractivity contribution >= 4 is 0 Å². The van der Waals surface area contributed by atoms with E-state index in [1.165, 1.54) is 0 Å². The molecule has 0 fully saturated rings. The molecule has 0 saturated carbocycles. The Balaban J connectivity index is 0.00000156. The third-order valence-electron chi connectivity index (χ3n) is 4.33. The molecule has 0 saturated heterocycles. The Morgan fingerprint density at radius 1 is 0.542 bits per heavy atom. The van der Waals surface area contributed by atoms with Crippen LogP contribution in [0.2, 0.25) is 0 Å². The molecular weight excluding hydrogens is 327 g/mol. The minimum Gasteiger partial charge on any atom is -1.00 e. The summed E-state index contributed by atoms with van der Waals surface area (Å²) in [6, 6.07) is 21.3. The molecule has 3 aromatic rings. The summed E-state index contributed by atoms with van der Waals surface area (Å²) in [4.78, 5) is 0. The molecule has 0 aliphatic rings. The molecule has 3 nitrogen and oxygen atoms in total. The number of rotatable bonds is 3. The summed E-state index contributed by atoms with van der Waals surface area (Å²) in [5.41, 5.74) is 2.54. The van der Waals surface area contributed by atoms with Gasteiger partial charge in [-0.05, 0) is 60.0 Å². The van der Waals surface area contributed by atoms with E-state index in [1.807, 2.05) is 36.4 Å². The number of aromatic hydroxyl groups is 3. The van der Waals surface area contributed by atoms with Crippen molar-refractivity contribution in [3.63, 3.8) is 0 Å². The average Bonchev–Trinajstić information content (AvgIpc) is 2.56. The molecule has 0 amide bonds. The maximum atomic E-state index is 9.57. The number of phenols is 3. The van der Waals surface area contributed by atoms with Crippen LogP contribution in [0.1, 0.15) is 25.0 Å². The third kappa shape index (κ3) is 3.68. The van der Waals surface area contributed by atoms with Crippen molar-refractivity contribution in [1.82, 2.24) is 0 Å². The molecule has 0 radical (unpaired) electrons. The number of phenolic OH excluding ortho intramolecular Hbond substituents is 3.